The van der Waals surface area contributed by atoms with E-state index in [9.17, 15) is 4.79 Å². The van der Waals surface area contributed by atoms with E-state index in [0.717, 1.165) is 70.9 Å². The van der Waals surface area contributed by atoms with Crippen molar-refractivity contribution in [3.8, 4) is 11.5 Å². The summed E-state index contributed by atoms with van der Waals surface area (Å²) in [6.45, 7) is 4.72. The third kappa shape index (κ3) is 4.96. The second kappa shape index (κ2) is 8.43. The van der Waals surface area contributed by atoms with Gasteiger partial charge in [0.05, 0.1) is 17.8 Å². The fourth-order valence-electron chi connectivity index (χ4n) is 3.77. The number of ether oxygens (including phenoxy) is 1. The summed E-state index contributed by atoms with van der Waals surface area (Å²) in [5.41, 5.74) is 2.67. The molecule has 1 saturated carbocycles. The van der Waals surface area contributed by atoms with E-state index in [1.54, 1.807) is 11.3 Å². The molecule has 2 aromatic heterocycles. The van der Waals surface area contributed by atoms with Gasteiger partial charge in [0.2, 0.25) is 0 Å². The van der Waals surface area contributed by atoms with Crippen molar-refractivity contribution in [1.29, 1.82) is 0 Å². The Labute approximate surface area is 183 Å². The van der Waals surface area contributed by atoms with E-state index in [4.69, 9.17) is 24.3 Å². The van der Waals surface area contributed by atoms with Gasteiger partial charge in [0.15, 0.2) is 5.82 Å². The Morgan fingerprint density at radius 1 is 1.29 bits per heavy atom. The summed E-state index contributed by atoms with van der Waals surface area (Å²) in [6, 6.07) is 0. The van der Waals surface area contributed by atoms with Gasteiger partial charge in [-0.3, -0.25) is 4.79 Å². The quantitative estimate of drug-likeness (QED) is 0.608. The van der Waals surface area contributed by atoms with Gasteiger partial charge in [0.1, 0.15) is 5.00 Å². The first kappa shape index (κ1) is 21.5. The molecule has 3 aliphatic rings. The fraction of sp³-hybridized carbons (Fsp3) is 0.524. The molecule has 2 aromatic rings. The molecule has 5 rings (SSSR count). The van der Waals surface area contributed by atoms with Crippen LogP contribution < -0.4 is 5.32 Å². The summed E-state index contributed by atoms with van der Waals surface area (Å²) in [4.78, 5) is 27.0. The Hall–Kier alpha value is -2.72. The van der Waals surface area contributed by atoms with Crippen LogP contribution in [0.3, 0.4) is 0 Å². The van der Waals surface area contributed by atoms with Gasteiger partial charge < -0.3 is 24.8 Å². The maximum atomic E-state index is 12.7. The normalized spacial score (nSPS) is 19.1. The molecule has 10 heteroatoms. The first-order valence-electron chi connectivity index (χ1n) is 10.3. The van der Waals surface area contributed by atoms with Crippen molar-refractivity contribution in [2.24, 2.45) is 0 Å². The van der Waals surface area contributed by atoms with Crippen molar-refractivity contribution in [2.75, 3.05) is 5.32 Å². The topological polar surface area (TPSA) is 135 Å². The zero-order valence-electron chi connectivity index (χ0n) is 17.4. The second-order valence-corrected chi connectivity index (χ2v) is 9.63. The van der Waals surface area contributed by atoms with Gasteiger partial charge in [-0.15, -0.1) is 11.3 Å². The average Bonchev–Trinajstić information content (AvgIpc) is 3.07. The Balaban J connectivity index is 0.000000535. The Kier molecular flexibility index (Phi) is 5.85. The van der Waals surface area contributed by atoms with Crippen LogP contribution in [0.25, 0.3) is 11.5 Å². The van der Waals surface area contributed by atoms with Crippen LogP contribution in [0.2, 0.25) is 0 Å². The van der Waals surface area contributed by atoms with Crippen LogP contribution in [0, 0.1) is 0 Å². The maximum absolute atomic E-state index is 12.7. The Morgan fingerprint density at radius 3 is 2.68 bits per heavy atom. The third-order valence-electron chi connectivity index (χ3n) is 5.44. The molecular weight excluding hydrogens is 422 g/mol. The van der Waals surface area contributed by atoms with E-state index in [1.807, 2.05) is 6.08 Å². The largest absolute Gasteiger partial charge is 0.503 e. The first-order chi connectivity index (χ1) is 14.7. The standard InChI is InChI=1S/C20H23N3O3S.CH2O3/c1-20(2)9-13-14(10-25-20)27-19(22-17(24)12-5-3-4-6-12)15(13)18-21-16(23-26-18)11-7-8-11;2-1(3)4/h5,11H,3-4,6-10H2,1-2H3,(H,22,24);(H2,2,3,4). The van der Waals surface area contributed by atoms with Crippen LogP contribution >= 0.6 is 11.3 Å². The molecule has 0 bridgehead atoms. The number of carboxylic acid groups (broad SMARTS) is 2. The number of hydrogen-bond acceptors (Lipinski definition) is 7. The Morgan fingerprint density at radius 2 is 2.03 bits per heavy atom. The number of thiophene rings is 1. The van der Waals surface area contributed by atoms with Crippen LogP contribution in [-0.4, -0.2) is 38.0 Å². The third-order valence-corrected chi connectivity index (χ3v) is 6.57. The molecule has 0 atom stereocenters. The highest BCUT2D eigenvalue weighted by atomic mass is 32.1. The molecule has 2 aliphatic carbocycles. The molecule has 0 spiro atoms. The highest BCUT2D eigenvalue weighted by Gasteiger charge is 2.35. The van der Waals surface area contributed by atoms with E-state index in [1.165, 1.54) is 0 Å². The number of anilines is 1. The van der Waals surface area contributed by atoms with Crippen molar-refractivity contribution in [3.05, 3.63) is 27.9 Å². The summed E-state index contributed by atoms with van der Waals surface area (Å²) in [5.74, 6) is 1.71. The number of aromatic nitrogens is 2. The van der Waals surface area contributed by atoms with Crippen LogP contribution in [0.5, 0.6) is 0 Å². The van der Waals surface area contributed by atoms with Gasteiger partial charge in [0.25, 0.3) is 11.8 Å². The minimum absolute atomic E-state index is 0.0190. The number of fused-ring (bicyclic) bond motifs is 1. The second-order valence-electron chi connectivity index (χ2n) is 8.52. The van der Waals surface area contributed by atoms with Crippen molar-refractivity contribution in [2.45, 2.75) is 70.5 Å². The SMILES string of the molecule is CC1(C)Cc2c(sc(NC(=O)C3=CCCC3)c2-c2nc(C3CC3)no2)CO1.O=C(O)O. The predicted molar refractivity (Wildman–Crippen MR) is 113 cm³/mol. The molecule has 0 saturated heterocycles. The molecule has 0 aromatic carbocycles. The lowest BCUT2D eigenvalue weighted by atomic mass is 9.93. The molecule has 0 unspecified atom stereocenters. The smallest absolute Gasteiger partial charge is 0.450 e. The van der Waals surface area contributed by atoms with Gasteiger partial charge in [-0.2, -0.15) is 4.98 Å². The summed E-state index contributed by atoms with van der Waals surface area (Å²) >= 11 is 1.57. The van der Waals surface area contributed by atoms with E-state index in [-0.39, 0.29) is 11.5 Å². The molecule has 0 radical (unpaired) electrons. The number of nitrogens with zero attached hydrogens (tertiary/aromatic N) is 2. The van der Waals surface area contributed by atoms with Crippen molar-refractivity contribution >= 4 is 28.4 Å². The number of amides is 1. The van der Waals surface area contributed by atoms with Gasteiger partial charge in [-0.25, -0.2) is 4.79 Å². The molecule has 9 nitrogen and oxygen atoms in total. The van der Waals surface area contributed by atoms with Crippen LogP contribution in [0.15, 0.2) is 16.2 Å². The summed E-state index contributed by atoms with van der Waals surface area (Å²) in [6.07, 6.45) is 6.08. The number of hydrogen-bond donors (Lipinski definition) is 3. The molecule has 31 heavy (non-hydrogen) atoms. The number of rotatable bonds is 4. The minimum Gasteiger partial charge on any atom is -0.450 e. The van der Waals surface area contributed by atoms with Gasteiger partial charge in [0, 0.05) is 22.8 Å². The number of allylic oxidation sites excluding steroid dienone is 1. The van der Waals surface area contributed by atoms with E-state index in [0.29, 0.717) is 18.4 Å². The van der Waals surface area contributed by atoms with Gasteiger partial charge in [-0.1, -0.05) is 11.2 Å². The highest BCUT2D eigenvalue weighted by Crippen LogP contribution is 2.46. The van der Waals surface area contributed by atoms with Crippen LogP contribution in [0.1, 0.15) is 68.1 Å². The minimum atomic E-state index is -1.83. The average molecular weight is 448 g/mol. The summed E-state index contributed by atoms with van der Waals surface area (Å²) in [7, 11) is 0. The monoisotopic (exact) mass is 447 g/mol. The fourth-order valence-corrected chi connectivity index (χ4v) is 4.89. The molecule has 166 valence electrons. The number of carbonyl (C=O) groups excluding carboxylic acids is 1. The zero-order valence-corrected chi connectivity index (χ0v) is 18.3. The maximum Gasteiger partial charge on any atom is 0.503 e. The zero-order chi connectivity index (χ0) is 22.2. The predicted octanol–water partition coefficient (Wildman–Crippen LogP) is 4.80. The lowest BCUT2D eigenvalue weighted by Crippen LogP contribution is -2.31. The van der Waals surface area contributed by atoms with Crippen molar-refractivity contribution < 1.29 is 29.1 Å². The Bertz CT molecular complexity index is 1030. The number of nitrogens with one attached hydrogen (secondary N) is 1. The highest BCUT2D eigenvalue weighted by molar-refractivity contribution is 7.17. The first-order valence-corrected chi connectivity index (χ1v) is 11.1. The molecule has 3 heterocycles. The van der Waals surface area contributed by atoms with E-state index >= 15 is 0 Å². The molecule has 1 amide bonds. The lowest BCUT2D eigenvalue weighted by Gasteiger charge is -2.30. The van der Waals surface area contributed by atoms with Crippen molar-refractivity contribution in [1.82, 2.24) is 10.1 Å². The summed E-state index contributed by atoms with van der Waals surface area (Å²) < 4.78 is 11.6. The lowest BCUT2D eigenvalue weighted by molar-refractivity contribution is -0.112. The van der Waals surface area contributed by atoms with Gasteiger partial charge >= 0.3 is 6.16 Å². The molecule has 3 N–H and O–H groups in total. The van der Waals surface area contributed by atoms with E-state index < -0.39 is 6.16 Å². The molecule has 1 fully saturated rings. The molecular formula is C21H25N3O6S. The van der Waals surface area contributed by atoms with Crippen LogP contribution in [0.4, 0.5) is 9.80 Å². The van der Waals surface area contributed by atoms with Crippen molar-refractivity contribution in [3.63, 3.8) is 0 Å². The van der Waals surface area contributed by atoms with Gasteiger partial charge in [-0.05, 0) is 51.5 Å². The number of carbonyl (C=O) groups is 2. The molecule has 1 aliphatic heterocycles. The van der Waals surface area contributed by atoms with Crippen LogP contribution in [-0.2, 0) is 22.6 Å². The van der Waals surface area contributed by atoms with E-state index in [2.05, 4.69) is 29.3 Å². The summed E-state index contributed by atoms with van der Waals surface area (Å²) in [5, 5.41) is 22.0.